The highest BCUT2D eigenvalue weighted by Crippen LogP contribution is 1.97. The Hall–Kier alpha value is -0.830. The monoisotopic (exact) mass is 184 g/mol. The van der Waals surface area contributed by atoms with E-state index in [0.29, 0.717) is 19.5 Å². The van der Waals surface area contributed by atoms with Gasteiger partial charge in [-0.25, -0.2) is 0 Å². The van der Waals surface area contributed by atoms with Gasteiger partial charge >= 0.3 is 0 Å². The molecule has 13 heavy (non-hydrogen) atoms. The number of hydrogen-bond donors (Lipinski definition) is 2. The Kier molecular flexibility index (Phi) is 5.39. The topological polar surface area (TPSA) is 41.1 Å². The minimum Gasteiger partial charge on any atom is -0.353 e. The van der Waals surface area contributed by atoms with Gasteiger partial charge in [0.15, 0.2) is 0 Å². The molecule has 0 aliphatic heterocycles. The number of nitrogens with one attached hydrogen (secondary N) is 2. The zero-order valence-corrected chi connectivity index (χ0v) is 8.81. The lowest BCUT2D eigenvalue weighted by Gasteiger charge is -2.20. The molecule has 0 aliphatic rings. The van der Waals surface area contributed by atoms with Crippen molar-refractivity contribution in [3.8, 4) is 0 Å². The number of carbonyl (C=O) groups is 1. The molecule has 0 radical (unpaired) electrons. The van der Waals surface area contributed by atoms with Gasteiger partial charge in [-0.2, -0.15) is 0 Å². The molecule has 0 saturated carbocycles. The van der Waals surface area contributed by atoms with E-state index in [4.69, 9.17) is 0 Å². The molecule has 0 aromatic carbocycles. The van der Waals surface area contributed by atoms with E-state index in [1.165, 1.54) is 0 Å². The van der Waals surface area contributed by atoms with E-state index in [9.17, 15) is 4.79 Å². The van der Waals surface area contributed by atoms with E-state index >= 15 is 0 Å². The third-order valence-corrected chi connectivity index (χ3v) is 1.45. The number of hydrogen-bond acceptors (Lipinski definition) is 2. The van der Waals surface area contributed by atoms with Crippen molar-refractivity contribution in [1.29, 1.82) is 0 Å². The summed E-state index contributed by atoms with van der Waals surface area (Å²) in [5, 5.41) is 5.96. The normalized spacial score (nSPS) is 11.0. The fourth-order valence-electron chi connectivity index (χ4n) is 0.825. The Balaban J connectivity index is 3.42. The van der Waals surface area contributed by atoms with Crippen LogP contribution >= 0.6 is 0 Å². The summed E-state index contributed by atoms with van der Waals surface area (Å²) in [5.74, 6) is 0.0663. The van der Waals surface area contributed by atoms with E-state index in [0.717, 1.165) is 0 Å². The Morgan fingerprint density at radius 3 is 2.54 bits per heavy atom. The molecule has 0 atom stereocenters. The predicted octanol–water partition coefficient (Wildman–Crippen LogP) is 1.07. The first-order chi connectivity index (χ1) is 5.95. The fraction of sp³-hybridized carbons (Fsp3) is 0.700. The van der Waals surface area contributed by atoms with Crippen LogP contribution in [0.2, 0.25) is 0 Å². The molecule has 0 aromatic rings. The minimum absolute atomic E-state index is 0.0663. The Morgan fingerprint density at radius 2 is 2.08 bits per heavy atom. The maximum atomic E-state index is 11.1. The summed E-state index contributed by atoms with van der Waals surface area (Å²) in [6.07, 6.45) is 2.19. The summed E-state index contributed by atoms with van der Waals surface area (Å²) in [6, 6.07) is 0. The quantitative estimate of drug-likeness (QED) is 0.627. The Labute approximate surface area is 80.6 Å². The fourth-order valence-corrected chi connectivity index (χ4v) is 0.825. The van der Waals surface area contributed by atoms with E-state index in [1.807, 2.05) is 0 Å². The molecule has 0 unspecified atom stereocenters. The first-order valence-corrected chi connectivity index (χ1v) is 4.58. The van der Waals surface area contributed by atoms with Crippen molar-refractivity contribution in [2.75, 3.05) is 13.1 Å². The van der Waals surface area contributed by atoms with Crippen molar-refractivity contribution in [2.24, 2.45) is 0 Å². The maximum Gasteiger partial charge on any atom is 0.221 e. The molecule has 0 rings (SSSR count). The van der Waals surface area contributed by atoms with E-state index in [2.05, 4.69) is 38.0 Å². The van der Waals surface area contributed by atoms with Crippen LogP contribution in [0.1, 0.15) is 27.2 Å². The zero-order chi connectivity index (χ0) is 10.3. The van der Waals surface area contributed by atoms with Crippen molar-refractivity contribution < 1.29 is 4.79 Å². The van der Waals surface area contributed by atoms with E-state index < -0.39 is 0 Å². The molecule has 3 nitrogen and oxygen atoms in total. The number of rotatable bonds is 5. The standard InChI is InChI=1S/C10H20N2O/c1-5-7-11-9(13)6-8-12-10(2,3)4/h5,12H,1,6-8H2,2-4H3,(H,11,13). The van der Waals surface area contributed by atoms with Crippen molar-refractivity contribution in [3.05, 3.63) is 12.7 Å². The van der Waals surface area contributed by atoms with Gasteiger partial charge in [0, 0.05) is 25.0 Å². The average molecular weight is 184 g/mol. The molecule has 0 bridgehead atoms. The maximum absolute atomic E-state index is 11.1. The van der Waals surface area contributed by atoms with Crippen LogP contribution in [0, 0.1) is 0 Å². The van der Waals surface area contributed by atoms with Crippen molar-refractivity contribution in [3.63, 3.8) is 0 Å². The molecule has 0 aromatic heterocycles. The first kappa shape index (κ1) is 12.2. The van der Waals surface area contributed by atoms with Gasteiger partial charge in [0.1, 0.15) is 0 Å². The van der Waals surface area contributed by atoms with E-state index in [1.54, 1.807) is 6.08 Å². The smallest absolute Gasteiger partial charge is 0.221 e. The van der Waals surface area contributed by atoms with Crippen LogP contribution in [-0.2, 0) is 4.79 Å². The molecule has 0 heterocycles. The van der Waals surface area contributed by atoms with Crippen LogP contribution in [0.5, 0.6) is 0 Å². The van der Waals surface area contributed by atoms with Crippen molar-refractivity contribution >= 4 is 5.91 Å². The molecule has 0 spiro atoms. The van der Waals surface area contributed by atoms with Gasteiger partial charge in [0.25, 0.3) is 0 Å². The van der Waals surface area contributed by atoms with Gasteiger partial charge < -0.3 is 10.6 Å². The summed E-state index contributed by atoms with van der Waals surface area (Å²) >= 11 is 0. The van der Waals surface area contributed by atoms with Crippen LogP contribution in [-0.4, -0.2) is 24.5 Å². The van der Waals surface area contributed by atoms with Gasteiger partial charge in [0.05, 0.1) is 0 Å². The third-order valence-electron chi connectivity index (χ3n) is 1.45. The minimum atomic E-state index is 0.0663. The summed E-state index contributed by atoms with van der Waals surface area (Å²) in [7, 11) is 0. The van der Waals surface area contributed by atoms with Crippen LogP contribution in [0.25, 0.3) is 0 Å². The highest BCUT2D eigenvalue weighted by molar-refractivity contribution is 5.76. The van der Waals surface area contributed by atoms with E-state index in [-0.39, 0.29) is 11.4 Å². The highest BCUT2D eigenvalue weighted by atomic mass is 16.1. The average Bonchev–Trinajstić information content (AvgIpc) is 1.98. The molecule has 0 fully saturated rings. The number of amides is 1. The van der Waals surface area contributed by atoms with Crippen molar-refractivity contribution in [1.82, 2.24) is 10.6 Å². The Morgan fingerprint density at radius 1 is 1.46 bits per heavy atom. The molecule has 0 aliphatic carbocycles. The van der Waals surface area contributed by atoms with Crippen LogP contribution in [0.3, 0.4) is 0 Å². The molecule has 0 saturated heterocycles. The lowest BCUT2D eigenvalue weighted by atomic mass is 10.1. The number of carbonyl (C=O) groups excluding carboxylic acids is 1. The molecular formula is C10H20N2O. The van der Waals surface area contributed by atoms with Crippen molar-refractivity contribution in [2.45, 2.75) is 32.7 Å². The Bertz CT molecular complexity index is 170. The van der Waals surface area contributed by atoms with Gasteiger partial charge in [-0.1, -0.05) is 6.08 Å². The summed E-state index contributed by atoms with van der Waals surface area (Å²) in [4.78, 5) is 11.1. The third kappa shape index (κ3) is 9.08. The SMILES string of the molecule is C=CCNC(=O)CCNC(C)(C)C. The van der Waals surface area contributed by atoms with Gasteiger partial charge in [0.2, 0.25) is 5.91 Å². The second-order valence-electron chi connectivity index (χ2n) is 4.02. The van der Waals surface area contributed by atoms with Crippen LogP contribution in [0.4, 0.5) is 0 Å². The van der Waals surface area contributed by atoms with Gasteiger partial charge in [-0.3, -0.25) is 4.79 Å². The second-order valence-corrected chi connectivity index (χ2v) is 4.02. The van der Waals surface area contributed by atoms with Gasteiger partial charge in [-0.05, 0) is 20.8 Å². The summed E-state index contributed by atoms with van der Waals surface area (Å²) in [6.45, 7) is 11.0. The lowest BCUT2D eigenvalue weighted by molar-refractivity contribution is -0.120. The highest BCUT2D eigenvalue weighted by Gasteiger charge is 2.08. The molecule has 2 N–H and O–H groups in total. The summed E-state index contributed by atoms with van der Waals surface area (Å²) < 4.78 is 0. The largest absolute Gasteiger partial charge is 0.353 e. The van der Waals surface area contributed by atoms with Gasteiger partial charge in [-0.15, -0.1) is 6.58 Å². The predicted molar refractivity (Wildman–Crippen MR) is 55.6 cm³/mol. The molecule has 76 valence electrons. The van der Waals surface area contributed by atoms with Crippen LogP contribution < -0.4 is 10.6 Å². The van der Waals surface area contributed by atoms with Crippen LogP contribution in [0.15, 0.2) is 12.7 Å². The first-order valence-electron chi connectivity index (χ1n) is 4.58. The zero-order valence-electron chi connectivity index (χ0n) is 8.81. The molecular weight excluding hydrogens is 164 g/mol. The molecule has 3 heteroatoms. The lowest BCUT2D eigenvalue weighted by Crippen LogP contribution is -2.38. The summed E-state index contributed by atoms with van der Waals surface area (Å²) in [5.41, 5.74) is 0.0821. The molecule has 1 amide bonds. The second kappa shape index (κ2) is 5.75.